The van der Waals surface area contributed by atoms with Gasteiger partial charge in [0.25, 0.3) is 10.0 Å². The fraction of sp³-hybridized carbons (Fsp3) is 0.727. The van der Waals surface area contributed by atoms with Gasteiger partial charge in [0.05, 0.1) is 6.20 Å². The highest BCUT2D eigenvalue weighted by molar-refractivity contribution is 9.09. The number of nitrogens with one attached hydrogen (secondary N) is 2. The molecule has 1 aliphatic rings. The average Bonchev–Trinajstić information content (AvgIpc) is 2.91. The minimum Gasteiger partial charge on any atom is -0.266 e. The van der Waals surface area contributed by atoms with E-state index in [1.54, 1.807) is 0 Å². The number of H-pyrrole nitrogens is 1. The lowest BCUT2D eigenvalue weighted by Crippen LogP contribution is -2.35. The van der Waals surface area contributed by atoms with Gasteiger partial charge in [0.2, 0.25) is 0 Å². The molecule has 0 aromatic carbocycles. The van der Waals surface area contributed by atoms with Gasteiger partial charge in [-0.15, -0.1) is 0 Å². The van der Waals surface area contributed by atoms with Crippen LogP contribution >= 0.6 is 15.9 Å². The summed E-state index contributed by atoms with van der Waals surface area (Å²) in [6.45, 7) is 0.512. The summed E-state index contributed by atoms with van der Waals surface area (Å²) in [7, 11) is -3.43. The van der Waals surface area contributed by atoms with Crippen LogP contribution in [0.25, 0.3) is 0 Å². The van der Waals surface area contributed by atoms with E-state index in [2.05, 4.69) is 30.8 Å². The van der Waals surface area contributed by atoms with Gasteiger partial charge in [-0.1, -0.05) is 28.8 Å². The Hall–Kier alpha value is -0.400. The van der Waals surface area contributed by atoms with E-state index in [4.69, 9.17) is 0 Å². The molecule has 1 saturated carbocycles. The van der Waals surface area contributed by atoms with Crippen LogP contribution in [-0.2, 0) is 10.0 Å². The van der Waals surface area contributed by atoms with Crippen LogP contribution < -0.4 is 4.72 Å². The quantitative estimate of drug-likeness (QED) is 0.807. The summed E-state index contributed by atoms with van der Waals surface area (Å²) < 4.78 is 26.5. The minimum atomic E-state index is -3.43. The summed E-state index contributed by atoms with van der Waals surface area (Å²) in [6, 6.07) is 1.46. The Morgan fingerprint density at radius 1 is 1.39 bits per heavy atom. The topological polar surface area (TPSA) is 74.8 Å². The van der Waals surface area contributed by atoms with Gasteiger partial charge in [-0.05, 0) is 30.7 Å². The molecule has 7 heteroatoms. The summed E-state index contributed by atoms with van der Waals surface area (Å²) in [4.78, 5) is 0. The lowest BCUT2D eigenvalue weighted by molar-refractivity contribution is 0.263. The van der Waals surface area contributed by atoms with Gasteiger partial charge in [-0.2, -0.15) is 5.10 Å². The second-order valence-electron chi connectivity index (χ2n) is 4.73. The van der Waals surface area contributed by atoms with Crippen molar-refractivity contribution in [3.8, 4) is 0 Å². The van der Waals surface area contributed by atoms with Gasteiger partial charge in [-0.3, -0.25) is 5.10 Å². The van der Waals surface area contributed by atoms with Crippen molar-refractivity contribution in [3.63, 3.8) is 0 Å². The zero-order chi connectivity index (χ0) is 13.0. The molecule has 0 amide bonds. The molecule has 1 heterocycles. The van der Waals surface area contributed by atoms with Crippen LogP contribution in [0.2, 0.25) is 0 Å². The van der Waals surface area contributed by atoms with Crippen molar-refractivity contribution in [1.29, 1.82) is 0 Å². The van der Waals surface area contributed by atoms with E-state index in [0.29, 0.717) is 18.4 Å². The number of sulfonamides is 1. The Labute approximate surface area is 116 Å². The fourth-order valence-electron chi connectivity index (χ4n) is 2.44. The van der Waals surface area contributed by atoms with Gasteiger partial charge in [0.15, 0.2) is 5.03 Å². The molecule has 102 valence electrons. The zero-order valence-corrected chi connectivity index (χ0v) is 12.5. The highest BCUT2D eigenvalue weighted by atomic mass is 79.9. The summed E-state index contributed by atoms with van der Waals surface area (Å²) in [5.74, 6) is 0.999. The van der Waals surface area contributed by atoms with E-state index in [9.17, 15) is 8.42 Å². The van der Waals surface area contributed by atoms with Gasteiger partial charge in [0, 0.05) is 11.9 Å². The van der Waals surface area contributed by atoms with E-state index in [1.807, 2.05) is 0 Å². The zero-order valence-electron chi connectivity index (χ0n) is 10.1. The van der Waals surface area contributed by atoms with Crippen LogP contribution in [0.4, 0.5) is 0 Å². The molecule has 0 radical (unpaired) electrons. The van der Waals surface area contributed by atoms with Crippen molar-refractivity contribution in [2.45, 2.75) is 30.7 Å². The van der Waals surface area contributed by atoms with Crippen LogP contribution in [0.1, 0.15) is 25.7 Å². The molecule has 2 unspecified atom stereocenters. The number of halogens is 1. The lowest BCUT2D eigenvalue weighted by Gasteiger charge is -2.30. The molecule has 1 fully saturated rings. The second kappa shape index (κ2) is 6.16. The normalized spacial score (nSPS) is 25.2. The monoisotopic (exact) mass is 335 g/mol. The van der Waals surface area contributed by atoms with E-state index >= 15 is 0 Å². The molecule has 1 aliphatic carbocycles. The molecule has 18 heavy (non-hydrogen) atoms. The largest absolute Gasteiger partial charge is 0.266 e. The molecular weight excluding hydrogens is 318 g/mol. The SMILES string of the molecule is O=S(=O)(NCC1CCCCC1CBr)c1ccn[nH]1. The Kier molecular flexibility index (Phi) is 4.80. The number of hydrogen-bond acceptors (Lipinski definition) is 3. The lowest BCUT2D eigenvalue weighted by atomic mass is 9.80. The number of alkyl halides is 1. The van der Waals surface area contributed by atoms with Gasteiger partial charge < -0.3 is 0 Å². The summed E-state index contributed by atoms with van der Waals surface area (Å²) in [5.41, 5.74) is 0. The Morgan fingerprint density at radius 3 is 2.72 bits per heavy atom. The summed E-state index contributed by atoms with van der Waals surface area (Å²) in [6.07, 6.45) is 6.17. The first kappa shape index (κ1) is 14.0. The van der Waals surface area contributed by atoms with Crippen molar-refractivity contribution < 1.29 is 8.42 Å². The smallest absolute Gasteiger partial charge is 0.257 e. The minimum absolute atomic E-state index is 0.133. The number of rotatable bonds is 5. The molecule has 0 bridgehead atoms. The molecule has 2 atom stereocenters. The maximum absolute atomic E-state index is 11.9. The molecule has 2 rings (SSSR count). The van der Waals surface area contributed by atoms with Crippen molar-refractivity contribution in [1.82, 2.24) is 14.9 Å². The molecule has 1 aromatic heterocycles. The van der Waals surface area contributed by atoms with Crippen molar-refractivity contribution >= 4 is 26.0 Å². The number of aromatic nitrogens is 2. The highest BCUT2D eigenvalue weighted by Gasteiger charge is 2.26. The predicted molar refractivity (Wildman–Crippen MR) is 73.0 cm³/mol. The molecular formula is C11H18BrN3O2S. The Bertz CT molecular complexity index is 461. The Morgan fingerprint density at radius 2 is 2.11 bits per heavy atom. The molecule has 2 N–H and O–H groups in total. The van der Waals surface area contributed by atoms with Crippen LogP contribution in [0.15, 0.2) is 17.3 Å². The van der Waals surface area contributed by atoms with E-state index < -0.39 is 10.0 Å². The predicted octanol–water partition coefficient (Wildman–Crippen LogP) is 1.89. The first-order valence-electron chi connectivity index (χ1n) is 6.18. The number of nitrogens with zero attached hydrogens (tertiary/aromatic N) is 1. The van der Waals surface area contributed by atoms with Crippen molar-refractivity contribution in [2.75, 3.05) is 11.9 Å². The molecule has 5 nitrogen and oxygen atoms in total. The average molecular weight is 336 g/mol. The van der Waals surface area contributed by atoms with E-state index in [0.717, 1.165) is 11.8 Å². The van der Waals surface area contributed by atoms with Gasteiger partial charge in [-0.25, -0.2) is 13.1 Å². The maximum atomic E-state index is 11.9. The summed E-state index contributed by atoms with van der Waals surface area (Å²) >= 11 is 3.52. The third-order valence-electron chi connectivity index (χ3n) is 3.56. The molecule has 1 aromatic rings. The van der Waals surface area contributed by atoms with Crippen LogP contribution in [0, 0.1) is 11.8 Å². The van der Waals surface area contributed by atoms with Gasteiger partial charge >= 0.3 is 0 Å². The van der Waals surface area contributed by atoms with Crippen molar-refractivity contribution in [2.24, 2.45) is 11.8 Å². The van der Waals surface area contributed by atoms with Crippen LogP contribution in [-0.4, -0.2) is 30.5 Å². The van der Waals surface area contributed by atoms with Gasteiger partial charge in [0.1, 0.15) is 0 Å². The van der Waals surface area contributed by atoms with E-state index in [1.165, 1.54) is 31.5 Å². The van der Waals surface area contributed by atoms with E-state index in [-0.39, 0.29) is 5.03 Å². The second-order valence-corrected chi connectivity index (χ2v) is 7.11. The highest BCUT2D eigenvalue weighted by Crippen LogP contribution is 2.31. The molecule has 0 aliphatic heterocycles. The Balaban J connectivity index is 1.94. The van der Waals surface area contributed by atoms with Crippen LogP contribution in [0.5, 0.6) is 0 Å². The molecule has 0 saturated heterocycles. The molecule has 0 spiro atoms. The first-order chi connectivity index (χ1) is 8.63. The first-order valence-corrected chi connectivity index (χ1v) is 8.79. The third-order valence-corrected chi connectivity index (χ3v) is 5.75. The van der Waals surface area contributed by atoms with Crippen LogP contribution in [0.3, 0.4) is 0 Å². The number of aromatic amines is 1. The fourth-order valence-corrected chi connectivity index (χ4v) is 4.30. The maximum Gasteiger partial charge on any atom is 0.257 e. The third kappa shape index (κ3) is 3.33. The standard InChI is InChI=1S/C11H18BrN3O2S/c12-7-9-3-1-2-4-10(9)8-14-18(16,17)11-5-6-13-15-11/h5-6,9-10,14H,1-4,7-8H2,(H,13,15). The number of hydrogen-bond donors (Lipinski definition) is 2. The summed E-state index contributed by atoms with van der Waals surface area (Å²) in [5, 5.41) is 7.22. The van der Waals surface area contributed by atoms with Crippen molar-refractivity contribution in [3.05, 3.63) is 12.3 Å².